The number of halogens is 1. The van der Waals surface area contributed by atoms with E-state index in [9.17, 15) is 14.7 Å². The Morgan fingerprint density at radius 3 is 2.39 bits per heavy atom. The minimum atomic E-state index is -0.602. The molecule has 3 aromatic carbocycles. The van der Waals surface area contributed by atoms with E-state index in [0.29, 0.717) is 22.2 Å². The van der Waals surface area contributed by atoms with Gasteiger partial charge in [0.25, 0.3) is 11.8 Å². The lowest BCUT2D eigenvalue weighted by Gasteiger charge is -2.13. The average Bonchev–Trinajstić information content (AvgIpc) is 2.87. The Morgan fingerprint density at radius 2 is 1.75 bits per heavy atom. The molecular weight excluding hydrogens is 524 g/mol. The van der Waals surface area contributed by atoms with Crippen LogP contribution in [0.5, 0.6) is 11.5 Å². The summed E-state index contributed by atoms with van der Waals surface area (Å²) in [6.07, 6.45) is 2.99. The topological polar surface area (TPSA) is 103 Å². The number of hydrazone groups is 1. The second kappa shape index (κ2) is 12.6. The highest BCUT2D eigenvalue weighted by Crippen LogP contribution is 2.35. The van der Waals surface area contributed by atoms with Crippen molar-refractivity contribution in [3.63, 3.8) is 0 Å². The molecule has 2 amide bonds. The van der Waals surface area contributed by atoms with Gasteiger partial charge in [0.1, 0.15) is 5.70 Å². The maximum absolute atomic E-state index is 13.0. The molecule has 0 bridgehead atoms. The van der Waals surface area contributed by atoms with Crippen LogP contribution in [0.25, 0.3) is 6.08 Å². The Morgan fingerprint density at radius 1 is 1.06 bits per heavy atom. The van der Waals surface area contributed by atoms with Gasteiger partial charge < -0.3 is 20.1 Å². The third kappa shape index (κ3) is 7.19. The monoisotopic (exact) mass is 550 g/mol. The van der Waals surface area contributed by atoms with Gasteiger partial charge in [-0.1, -0.05) is 30.3 Å². The first-order valence-electron chi connectivity index (χ1n) is 11.1. The lowest BCUT2D eigenvalue weighted by molar-refractivity contribution is -0.117. The van der Waals surface area contributed by atoms with E-state index in [4.69, 9.17) is 4.74 Å². The molecule has 0 aliphatic heterocycles. The summed E-state index contributed by atoms with van der Waals surface area (Å²) in [7, 11) is 3.87. The summed E-state index contributed by atoms with van der Waals surface area (Å²) in [4.78, 5) is 27.7. The smallest absolute Gasteiger partial charge is 0.287 e. The summed E-state index contributed by atoms with van der Waals surface area (Å²) >= 11 is 3.27. The van der Waals surface area contributed by atoms with E-state index in [1.165, 1.54) is 6.21 Å². The highest BCUT2D eigenvalue weighted by Gasteiger charge is 2.15. The van der Waals surface area contributed by atoms with Gasteiger partial charge >= 0.3 is 0 Å². The second-order valence-corrected chi connectivity index (χ2v) is 8.70. The fourth-order valence-electron chi connectivity index (χ4n) is 3.14. The van der Waals surface area contributed by atoms with Gasteiger partial charge in [0.05, 0.1) is 17.3 Å². The molecule has 36 heavy (non-hydrogen) atoms. The van der Waals surface area contributed by atoms with Crippen molar-refractivity contribution in [3.05, 3.63) is 93.6 Å². The molecule has 0 heterocycles. The number of hydrogen-bond acceptors (Lipinski definition) is 6. The number of hydrogen-bond donors (Lipinski definition) is 3. The molecule has 0 spiro atoms. The number of anilines is 1. The number of nitrogens with zero attached hydrogens (tertiary/aromatic N) is 2. The van der Waals surface area contributed by atoms with Crippen molar-refractivity contribution in [2.45, 2.75) is 6.92 Å². The first kappa shape index (κ1) is 26.5. The third-order valence-corrected chi connectivity index (χ3v) is 5.58. The molecule has 186 valence electrons. The zero-order valence-corrected chi connectivity index (χ0v) is 21.7. The van der Waals surface area contributed by atoms with Crippen molar-refractivity contribution in [3.8, 4) is 11.5 Å². The maximum Gasteiger partial charge on any atom is 0.287 e. The number of benzene rings is 3. The number of aromatic hydroxyl groups is 1. The van der Waals surface area contributed by atoms with Crippen LogP contribution in [0, 0.1) is 0 Å². The van der Waals surface area contributed by atoms with Crippen molar-refractivity contribution in [1.82, 2.24) is 10.7 Å². The summed E-state index contributed by atoms with van der Waals surface area (Å²) in [6, 6.07) is 19.4. The van der Waals surface area contributed by atoms with Crippen molar-refractivity contribution < 1.29 is 19.4 Å². The van der Waals surface area contributed by atoms with Crippen LogP contribution in [0.1, 0.15) is 28.4 Å². The molecule has 0 fully saturated rings. The fraction of sp³-hybridized carbons (Fsp3) is 0.148. The van der Waals surface area contributed by atoms with E-state index < -0.39 is 11.8 Å². The van der Waals surface area contributed by atoms with Crippen LogP contribution >= 0.6 is 15.9 Å². The van der Waals surface area contributed by atoms with Crippen LogP contribution in [0.2, 0.25) is 0 Å². The van der Waals surface area contributed by atoms with Crippen molar-refractivity contribution in [2.75, 3.05) is 25.6 Å². The highest BCUT2D eigenvalue weighted by molar-refractivity contribution is 9.10. The predicted octanol–water partition coefficient (Wildman–Crippen LogP) is 4.54. The van der Waals surface area contributed by atoms with Crippen LogP contribution in [-0.2, 0) is 4.79 Å². The molecule has 0 saturated carbocycles. The number of ether oxygens (including phenoxy) is 1. The minimum absolute atomic E-state index is 0.0211. The molecule has 0 unspecified atom stereocenters. The number of carbonyl (C=O) groups excluding carboxylic acids is 2. The van der Waals surface area contributed by atoms with E-state index in [2.05, 4.69) is 31.8 Å². The number of rotatable bonds is 9. The first-order chi connectivity index (χ1) is 17.3. The summed E-state index contributed by atoms with van der Waals surface area (Å²) in [5.74, 6) is -0.756. The van der Waals surface area contributed by atoms with Crippen LogP contribution in [-0.4, -0.2) is 43.8 Å². The normalized spacial score (nSPS) is 11.3. The third-order valence-electron chi connectivity index (χ3n) is 4.98. The van der Waals surface area contributed by atoms with Gasteiger partial charge in [-0.3, -0.25) is 9.59 Å². The lowest BCUT2D eigenvalue weighted by atomic mass is 10.1. The van der Waals surface area contributed by atoms with Gasteiger partial charge in [0.2, 0.25) is 0 Å². The Balaban J connectivity index is 1.83. The molecular formula is C27H27BrN4O4. The SMILES string of the molecule is CCOc1cc(/C=N/NC(=O)/C(=C/c2ccc(N(C)C)cc2)NC(=O)c2ccccc2)cc(Br)c1O. The summed E-state index contributed by atoms with van der Waals surface area (Å²) < 4.78 is 5.84. The van der Waals surface area contributed by atoms with Crippen molar-refractivity contribution in [2.24, 2.45) is 5.10 Å². The van der Waals surface area contributed by atoms with Gasteiger partial charge in [-0.15, -0.1) is 0 Å². The van der Waals surface area contributed by atoms with Crippen molar-refractivity contribution >= 4 is 45.7 Å². The van der Waals surface area contributed by atoms with Gasteiger partial charge in [0.15, 0.2) is 11.5 Å². The van der Waals surface area contributed by atoms with Gasteiger partial charge in [-0.25, -0.2) is 5.43 Å². The molecule has 8 nitrogen and oxygen atoms in total. The number of phenolic OH excluding ortho intramolecular Hbond substituents is 1. The first-order valence-corrected chi connectivity index (χ1v) is 11.9. The van der Waals surface area contributed by atoms with Gasteiger partial charge in [-0.05, 0) is 76.5 Å². The van der Waals surface area contributed by atoms with Crippen LogP contribution in [0.4, 0.5) is 5.69 Å². The maximum atomic E-state index is 13.0. The second-order valence-electron chi connectivity index (χ2n) is 7.85. The largest absolute Gasteiger partial charge is 0.503 e. The Labute approximate surface area is 218 Å². The van der Waals surface area contributed by atoms with E-state index >= 15 is 0 Å². The van der Waals surface area contributed by atoms with Gasteiger partial charge in [0, 0.05) is 25.3 Å². The average molecular weight is 551 g/mol. The molecule has 0 aliphatic carbocycles. The summed E-state index contributed by atoms with van der Waals surface area (Å²) in [6.45, 7) is 2.18. The molecule has 0 saturated heterocycles. The van der Waals surface area contributed by atoms with Crippen molar-refractivity contribution in [1.29, 1.82) is 0 Å². The van der Waals surface area contributed by atoms with Gasteiger partial charge in [-0.2, -0.15) is 5.10 Å². The highest BCUT2D eigenvalue weighted by atomic mass is 79.9. The van der Waals surface area contributed by atoms with Crippen LogP contribution in [0.15, 0.2) is 82.0 Å². The lowest BCUT2D eigenvalue weighted by Crippen LogP contribution is -2.32. The molecule has 9 heteroatoms. The number of nitrogens with one attached hydrogen (secondary N) is 2. The minimum Gasteiger partial charge on any atom is -0.503 e. The zero-order chi connectivity index (χ0) is 26.1. The molecule has 3 N–H and O–H groups in total. The molecule has 3 rings (SSSR count). The van der Waals surface area contributed by atoms with E-state index in [0.717, 1.165) is 11.3 Å². The number of carbonyl (C=O) groups is 2. The van der Waals surface area contributed by atoms with Crippen LogP contribution in [0.3, 0.4) is 0 Å². The Bertz CT molecular complexity index is 1270. The molecule has 3 aromatic rings. The zero-order valence-electron chi connectivity index (χ0n) is 20.2. The van der Waals surface area contributed by atoms with Crippen LogP contribution < -0.4 is 20.4 Å². The molecule has 0 radical (unpaired) electrons. The Kier molecular flexibility index (Phi) is 9.24. The molecule has 0 aromatic heterocycles. The molecule has 0 atom stereocenters. The van der Waals surface area contributed by atoms with E-state index in [-0.39, 0.29) is 17.2 Å². The standard InChI is InChI=1S/C27H27BrN4O4/c1-4-36-24-16-19(14-22(28)25(24)33)17-29-31-27(35)23(30-26(34)20-8-6-5-7-9-20)15-18-10-12-21(13-11-18)32(2)3/h5-17,33H,4H2,1-3H3,(H,30,34)(H,31,35)/b23-15-,29-17+. The summed E-state index contributed by atoms with van der Waals surface area (Å²) in [5.41, 5.74) is 5.20. The quantitative estimate of drug-likeness (QED) is 0.206. The number of phenols is 1. The summed E-state index contributed by atoms with van der Waals surface area (Å²) in [5, 5.41) is 16.8. The molecule has 0 aliphatic rings. The van der Waals surface area contributed by atoms with E-state index in [1.807, 2.05) is 43.3 Å². The predicted molar refractivity (Wildman–Crippen MR) is 145 cm³/mol. The van der Waals surface area contributed by atoms with E-state index in [1.54, 1.807) is 55.5 Å². The number of amides is 2. The Hall–Kier alpha value is -4.11. The fourth-order valence-corrected chi connectivity index (χ4v) is 3.60.